The third-order valence-corrected chi connectivity index (χ3v) is 0. The van der Waals surface area contributed by atoms with Crippen molar-refractivity contribution in [1.82, 2.24) is 0 Å². The average molecular weight is 143 g/mol. The monoisotopic (exact) mass is 142 g/mol. The van der Waals surface area contributed by atoms with Crippen molar-refractivity contribution < 1.29 is 9.32 Å². The van der Waals surface area contributed by atoms with Crippen LogP contribution in [0.1, 0.15) is 0 Å². The van der Waals surface area contributed by atoms with Gasteiger partial charge in [-0.25, -0.2) is 23.7 Å². The third kappa shape index (κ3) is 26.3. The Bertz CT molecular complexity index is 7.61. The maximum absolute atomic E-state index is 7.72. The maximum atomic E-state index is 7.72. The van der Waals surface area contributed by atoms with E-state index < -0.39 is 0 Å². The Kier molecular flexibility index (Phi) is 134. The minimum Gasteiger partial charge on any atom is -0.769 e. The number of hydrogen-bond acceptors (Lipinski definition) is 2. The van der Waals surface area contributed by atoms with Crippen LogP contribution in [0.25, 0.3) is 0 Å². The van der Waals surface area contributed by atoms with E-state index in [1.54, 1.807) is 0 Å². The standard InChI is InChI=1S/Ca.2ClO/c;2*1-2/q+2;2*-1. The number of rotatable bonds is 0. The molecule has 0 saturated carbocycles. The van der Waals surface area contributed by atoms with Crippen LogP contribution in [0.3, 0.4) is 0 Å². The zero-order valence-electron chi connectivity index (χ0n) is 2.28. The number of halogens is 2. The van der Waals surface area contributed by atoms with Crippen molar-refractivity contribution in [2.75, 3.05) is 0 Å². The molecule has 0 fully saturated rings. The Morgan fingerprint density at radius 2 is 0.800 bits per heavy atom. The van der Waals surface area contributed by atoms with Gasteiger partial charge in [0.15, 0.2) is 0 Å². The van der Waals surface area contributed by atoms with Crippen molar-refractivity contribution in [2.24, 2.45) is 0 Å². The second kappa shape index (κ2) is 42.1. The summed E-state index contributed by atoms with van der Waals surface area (Å²) in [5.41, 5.74) is 0. The zero-order valence-corrected chi connectivity index (χ0v) is 6.00. The fourth-order valence-electron chi connectivity index (χ4n) is 0. The molecule has 5 heteroatoms. The topological polar surface area (TPSA) is 46.1 Å². The molecule has 28 valence electrons. The molecule has 0 aromatic carbocycles. The maximum Gasteiger partial charge on any atom is 2.00 e. The van der Waals surface area contributed by atoms with Gasteiger partial charge in [-0.05, 0) is 0 Å². The molecule has 0 spiro atoms. The van der Waals surface area contributed by atoms with Crippen LogP contribution < -0.4 is 9.32 Å². The smallest absolute Gasteiger partial charge is 0.769 e. The summed E-state index contributed by atoms with van der Waals surface area (Å²) in [4.78, 5) is 0. The summed E-state index contributed by atoms with van der Waals surface area (Å²) < 4.78 is 15.4. The molecule has 5 heavy (non-hydrogen) atoms. The molecule has 0 aromatic rings. The second-order valence-corrected chi connectivity index (χ2v) is 0. The number of hydrogen-bond donors (Lipinski definition) is 0. The van der Waals surface area contributed by atoms with E-state index >= 15 is 0 Å². The van der Waals surface area contributed by atoms with Crippen LogP contribution in [0.15, 0.2) is 0 Å². The van der Waals surface area contributed by atoms with Gasteiger partial charge < -0.3 is 9.32 Å². The largest absolute Gasteiger partial charge is 2.00 e. The Hall–Kier alpha value is 1.76. The van der Waals surface area contributed by atoms with Gasteiger partial charge in [0.1, 0.15) is 0 Å². The normalized spacial score (nSPS) is 2.40. The van der Waals surface area contributed by atoms with Gasteiger partial charge in [-0.1, -0.05) is 0 Å². The van der Waals surface area contributed by atoms with E-state index in [-0.39, 0.29) is 37.7 Å². The summed E-state index contributed by atoms with van der Waals surface area (Å²) in [5, 5.41) is 0. The van der Waals surface area contributed by atoms with E-state index in [1.165, 1.54) is 0 Å². The molecule has 0 aromatic heterocycles. The summed E-state index contributed by atoms with van der Waals surface area (Å²) in [6, 6.07) is 0. The van der Waals surface area contributed by atoms with Crippen LogP contribution in [-0.2, 0) is 0 Å². The molecular weight excluding hydrogens is 143 g/mol. The molecule has 0 radical (unpaired) electrons. The van der Waals surface area contributed by atoms with E-state index in [0.29, 0.717) is 0 Å². The summed E-state index contributed by atoms with van der Waals surface area (Å²) in [6.45, 7) is 0. The molecule has 0 aliphatic heterocycles. The SMILES string of the molecule is [Ca+2].[O-]Cl.[O-]Cl. The fraction of sp³-hybridized carbons (Fsp3) is 0. The van der Waals surface area contributed by atoms with E-state index in [4.69, 9.17) is 9.32 Å². The predicted octanol–water partition coefficient (Wildman–Crippen LogP) is -1.38. The molecule has 0 rings (SSSR count). The minimum absolute atomic E-state index is 0. The molecule has 0 saturated heterocycles. The first-order chi connectivity index (χ1) is 2.00. The zero-order chi connectivity index (χ0) is 4.00. The van der Waals surface area contributed by atoms with Crippen LogP contribution in [0.5, 0.6) is 0 Å². The van der Waals surface area contributed by atoms with Crippen LogP contribution >= 0.6 is 23.7 Å². The quantitative estimate of drug-likeness (QED) is 0.392. The predicted molar refractivity (Wildman–Crippen MR) is 17.5 cm³/mol. The first kappa shape index (κ1) is 15.9. The Balaban J connectivity index is -0.0000000133. The van der Waals surface area contributed by atoms with Gasteiger partial charge in [-0.3, -0.25) is 0 Å². The van der Waals surface area contributed by atoms with Crippen molar-refractivity contribution in [3.63, 3.8) is 0 Å². The van der Waals surface area contributed by atoms with Crippen LogP contribution in [0, 0.1) is 0 Å². The van der Waals surface area contributed by atoms with E-state index in [0.717, 1.165) is 0 Å². The second-order valence-electron chi connectivity index (χ2n) is 0. The molecule has 0 heterocycles. The Morgan fingerprint density at radius 1 is 0.800 bits per heavy atom. The van der Waals surface area contributed by atoms with Gasteiger partial charge in [-0.2, -0.15) is 0 Å². The van der Waals surface area contributed by atoms with Crippen LogP contribution in [-0.4, -0.2) is 37.7 Å². The van der Waals surface area contributed by atoms with Gasteiger partial charge in [-0.15, -0.1) is 0 Å². The molecule has 0 amide bonds. The molecular formula is CaCl2O2. The van der Waals surface area contributed by atoms with E-state index in [9.17, 15) is 0 Å². The summed E-state index contributed by atoms with van der Waals surface area (Å²) >= 11 is 6.78. The van der Waals surface area contributed by atoms with Crippen molar-refractivity contribution >= 4 is 61.5 Å². The Labute approximate surface area is 70.0 Å². The fourth-order valence-corrected chi connectivity index (χ4v) is 0. The van der Waals surface area contributed by atoms with Gasteiger partial charge >= 0.3 is 37.7 Å². The minimum atomic E-state index is 0. The first-order valence-electron chi connectivity index (χ1n) is 0.309. The van der Waals surface area contributed by atoms with Gasteiger partial charge in [0.25, 0.3) is 0 Å². The van der Waals surface area contributed by atoms with Crippen LogP contribution in [0.4, 0.5) is 0 Å². The molecule has 0 aliphatic rings. The molecule has 0 atom stereocenters. The third-order valence-electron chi connectivity index (χ3n) is 0. The molecule has 0 N–H and O–H groups in total. The first-order valence-corrected chi connectivity index (χ1v) is 0.926. The van der Waals surface area contributed by atoms with Crippen molar-refractivity contribution in [1.29, 1.82) is 0 Å². The van der Waals surface area contributed by atoms with E-state index in [1.807, 2.05) is 0 Å². The van der Waals surface area contributed by atoms with Gasteiger partial charge in [0.05, 0.1) is 0 Å². The molecule has 0 aliphatic carbocycles. The molecule has 0 unspecified atom stereocenters. The molecule has 0 bridgehead atoms. The average Bonchev–Trinajstić information content (AvgIpc) is 1.50. The van der Waals surface area contributed by atoms with Gasteiger partial charge in [0.2, 0.25) is 0 Å². The summed E-state index contributed by atoms with van der Waals surface area (Å²) in [7, 11) is 0. The summed E-state index contributed by atoms with van der Waals surface area (Å²) in [6.07, 6.45) is 0. The van der Waals surface area contributed by atoms with Crippen molar-refractivity contribution in [3.8, 4) is 0 Å². The van der Waals surface area contributed by atoms with Crippen LogP contribution in [0.2, 0.25) is 0 Å². The summed E-state index contributed by atoms with van der Waals surface area (Å²) in [5.74, 6) is 0. The van der Waals surface area contributed by atoms with Crippen molar-refractivity contribution in [2.45, 2.75) is 0 Å². The Morgan fingerprint density at radius 3 is 0.800 bits per heavy atom. The van der Waals surface area contributed by atoms with E-state index in [2.05, 4.69) is 23.7 Å². The molecule has 2 nitrogen and oxygen atoms in total. The van der Waals surface area contributed by atoms with Gasteiger partial charge in [0, 0.05) is 0 Å². The van der Waals surface area contributed by atoms with Crippen molar-refractivity contribution in [3.05, 3.63) is 0 Å².